The number of hydrogen-bond acceptors (Lipinski definition) is 4. The first-order chi connectivity index (χ1) is 13.3. The molecule has 0 aliphatic carbocycles. The average Bonchev–Trinajstić information content (AvgIpc) is 2.88. The monoisotopic (exact) mass is 380 g/mol. The Bertz CT molecular complexity index is 966. The number of hydrogen-bond donors (Lipinski definition) is 2. The Kier molecular flexibility index (Phi) is 5.09. The van der Waals surface area contributed by atoms with Crippen LogP contribution in [0.4, 0.5) is 14.9 Å². The molecule has 3 rings (SSSR count). The van der Waals surface area contributed by atoms with Crippen LogP contribution in [0.15, 0.2) is 48.5 Å². The summed E-state index contributed by atoms with van der Waals surface area (Å²) in [4.78, 5) is 38.1. The Morgan fingerprint density at radius 1 is 1.18 bits per heavy atom. The molecule has 0 radical (unpaired) electrons. The van der Waals surface area contributed by atoms with E-state index in [1.165, 1.54) is 31.2 Å². The number of carbonyl (C=O) groups excluding carboxylic acids is 3. The summed E-state index contributed by atoms with van der Waals surface area (Å²) < 4.78 is 13.1. The van der Waals surface area contributed by atoms with Gasteiger partial charge in [0.2, 0.25) is 5.91 Å². The fraction of sp³-hybridized carbons (Fsp3) is 0.200. The van der Waals surface area contributed by atoms with Gasteiger partial charge in [-0.3, -0.25) is 14.5 Å². The van der Waals surface area contributed by atoms with E-state index in [0.717, 1.165) is 10.5 Å². The molecule has 0 spiro atoms. The zero-order chi connectivity index (χ0) is 20.3. The molecule has 0 saturated carbocycles. The van der Waals surface area contributed by atoms with Gasteiger partial charge in [0.1, 0.15) is 17.9 Å². The van der Waals surface area contributed by atoms with Crippen molar-refractivity contribution in [2.75, 3.05) is 11.9 Å². The molecule has 1 heterocycles. The van der Waals surface area contributed by atoms with E-state index in [4.69, 9.17) is 5.26 Å². The molecule has 1 aliphatic rings. The first kappa shape index (κ1) is 19.0. The molecular weight excluding hydrogens is 363 g/mol. The average molecular weight is 380 g/mol. The van der Waals surface area contributed by atoms with Gasteiger partial charge in [0.25, 0.3) is 5.91 Å². The Hall–Kier alpha value is -3.73. The van der Waals surface area contributed by atoms with Crippen molar-refractivity contribution in [3.05, 3.63) is 65.5 Å². The zero-order valence-electron chi connectivity index (χ0n) is 15.0. The number of nitrogens with zero attached hydrogens (tertiary/aromatic N) is 2. The normalized spacial score (nSPS) is 18.5. The number of nitriles is 1. The van der Waals surface area contributed by atoms with Gasteiger partial charge in [-0.25, -0.2) is 9.18 Å². The van der Waals surface area contributed by atoms with Crippen molar-refractivity contribution in [2.45, 2.75) is 18.9 Å². The third kappa shape index (κ3) is 3.69. The number of halogens is 1. The van der Waals surface area contributed by atoms with Crippen LogP contribution in [-0.4, -0.2) is 29.3 Å². The molecule has 1 unspecified atom stereocenters. The molecule has 28 heavy (non-hydrogen) atoms. The number of imide groups is 1. The third-order valence-corrected chi connectivity index (χ3v) is 4.52. The van der Waals surface area contributed by atoms with Crippen molar-refractivity contribution in [3.8, 4) is 6.07 Å². The number of rotatable bonds is 5. The second kappa shape index (κ2) is 7.48. The molecule has 1 aliphatic heterocycles. The van der Waals surface area contributed by atoms with Crippen molar-refractivity contribution in [2.24, 2.45) is 0 Å². The molecule has 142 valence electrons. The quantitative estimate of drug-likeness (QED) is 0.777. The topological polar surface area (TPSA) is 102 Å². The highest BCUT2D eigenvalue weighted by Crippen LogP contribution is 2.28. The number of anilines is 1. The molecule has 8 heteroatoms. The van der Waals surface area contributed by atoms with Gasteiger partial charge in [-0.2, -0.15) is 5.26 Å². The molecule has 1 atom stereocenters. The van der Waals surface area contributed by atoms with Crippen molar-refractivity contribution in [3.63, 3.8) is 0 Å². The van der Waals surface area contributed by atoms with E-state index >= 15 is 0 Å². The fourth-order valence-corrected chi connectivity index (χ4v) is 2.96. The summed E-state index contributed by atoms with van der Waals surface area (Å²) in [5, 5.41) is 13.8. The summed E-state index contributed by atoms with van der Waals surface area (Å²) in [6, 6.07) is 13.3. The maximum absolute atomic E-state index is 13.1. The molecule has 0 bridgehead atoms. The number of amides is 4. The maximum atomic E-state index is 13.1. The minimum atomic E-state index is -1.37. The lowest BCUT2D eigenvalue weighted by Gasteiger charge is -2.22. The highest BCUT2D eigenvalue weighted by Gasteiger charge is 2.49. The number of urea groups is 1. The van der Waals surface area contributed by atoms with Crippen LogP contribution in [0.3, 0.4) is 0 Å². The Balaban J connectivity index is 1.69. The van der Waals surface area contributed by atoms with Crippen LogP contribution in [0.2, 0.25) is 0 Å². The van der Waals surface area contributed by atoms with Gasteiger partial charge in [0.15, 0.2) is 0 Å². The van der Waals surface area contributed by atoms with Crippen LogP contribution in [0, 0.1) is 17.1 Å². The summed E-state index contributed by atoms with van der Waals surface area (Å²) in [5.74, 6) is -1.59. The lowest BCUT2D eigenvalue weighted by Crippen LogP contribution is -2.42. The minimum absolute atomic E-state index is 0.263. The van der Waals surface area contributed by atoms with Gasteiger partial charge in [-0.1, -0.05) is 24.3 Å². The molecule has 2 aromatic rings. The predicted molar refractivity (Wildman–Crippen MR) is 98.4 cm³/mol. The van der Waals surface area contributed by atoms with Crippen molar-refractivity contribution in [1.29, 1.82) is 5.26 Å². The maximum Gasteiger partial charge on any atom is 0.325 e. The van der Waals surface area contributed by atoms with Gasteiger partial charge in [-0.15, -0.1) is 0 Å². The van der Waals surface area contributed by atoms with E-state index in [1.807, 2.05) is 6.07 Å². The fourth-order valence-electron chi connectivity index (χ4n) is 2.96. The lowest BCUT2D eigenvalue weighted by atomic mass is 9.92. The van der Waals surface area contributed by atoms with Gasteiger partial charge < -0.3 is 10.6 Å². The van der Waals surface area contributed by atoms with Crippen LogP contribution in [-0.2, 0) is 21.5 Å². The summed E-state index contributed by atoms with van der Waals surface area (Å²) >= 11 is 0. The van der Waals surface area contributed by atoms with Crippen LogP contribution >= 0.6 is 0 Å². The predicted octanol–water partition coefficient (Wildman–Crippen LogP) is 2.30. The van der Waals surface area contributed by atoms with Gasteiger partial charge >= 0.3 is 6.03 Å². The Morgan fingerprint density at radius 2 is 1.82 bits per heavy atom. The highest BCUT2D eigenvalue weighted by molar-refractivity contribution is 6.10. The molecule has 2 N–H and O–H groups in total. The summed E-state index contributed by atoms with van der Waals surface area (Å²) in [6.45, 7) is 1.05. The molecule has 1 saturated heterocycles. The van der Waals surface area contributed by atoms with Gasteiger partial charge in [0.05, 0.1) is 12.5 Å². The second-order valence-electron chi connectivity index (χ2n) is 6.53. The largest absolute Gasteiger partial charge is 0.325 e. The van der Waals surface area contributed by atoms with E-state index in [9.17, 15) is 18.8 Å². The summed E-state index contributed by atoms with van der Waals surface area (Å²) in [6.07, 6.45) is 0.263. The van der Waals surface area contributed by atoms with Crippen LogP contribution in [0.25, 0.3) is 0 Å². The van der Waals surface area contributed by atoms with Gasteiger partial charge in [0, 0.05) is 5.69 Å². The van der Waals surface area contributed by atoms with Crippen molar-refractivity contribution >= 4 is 23.5 Å². The summed E-state index contributed by atoms with van der Waals surface area (Å²) in [5.41, 5.74) is 0.345. The van der Waals surface area contributed by atoms with E-state index in [-0.39, 0.29) is 6.42 Å². The second-order valence-corrected chi connectivity index (χ2v) is 6.53. The molecule has 2 aromatic carbocycles. The molecule has 0 aromatic heterocycles. The molecular formula is C20H17FN4O3. The Morgan fingerprint density at radius 3 is 2.43 bits per heavy atom. The standard InChI is InChI=1S/C20H17FN4O3/c1-20(14-4-6-15(21)7-5-14)18(27)25(19(28)24-20)12-17(26)23-16-8-2-13(3-9-16)10-11-22/h2-9H,10,12H2,1H3,(H,23,26)(H,24,28). The van der Waals surface area contributed by atoms with E-state index < -0.39 is 35.7 Å². The smallest absolute Gasteiger partial charge is 0.325 e. The van der Waals surface area contributed by atoms with Crippen molar-refractivity contribution in [1.82, 2.24) is 10.2 Å². The number of carbonyl (C=O) groups is 3. The van der Waals surface area contributed by atoms with Crippen LogP contribution in [0.5, 0.6) is 0 Å². The first-order valence-electron chi connectivity index (χ1n) is 8.49. The van der Waals surface area contributed by atoms with Gasteiger partial charge in [-0.05, 0) is 42.3 Å². The summed E-state index contributed by atoms with van der Waals surface area (Å²) in [7, 11) is 0. The van der Waals surface area contributed by atoms with E-state index in [1.54, 1.807) is 24.3 Å². The van der Waals surface area contributed by atoms with E-state index in [2.05, 4.69) is 10.6 Å². The Labute approximate surface area is 160 Å². The van der Waals surface area contributed by atoms with E-state index in [0.29, 0.717) is 11.3 Å². The molecule has 4 amide bonds. The van der Waals surface area contributed by atoms with Crippen LogP contribution in [0.1, 0.15) is 18.1 Å². The molecule has 7 nitrogen and oxygen atoms in total. The highest BCUT2D eigenvalue weighted by atomic mass is 19.1. The third-order valence-electron chi connectivity index (χ3n) is 4.52. The first-order valence-corrected chi connectivity index (χ1v) is 8.49. The minimum Gasteiger partial charge on any atom is -0.325 e. The number of nitrogens with one attached hydrogen (secondary N) is 2. The van der Waals surface area contributed by atoms with Crippen LogP contribution < -0.4 is 10.6 Å². The van der Waals surface area contributed by atoms with Crippen molar-refractivity contribution < 1.29 is 18.8 Å². The lowest BCUT2D eigenvalue weighted by molar-refractivity contribution is -0.133. The zero-order valence-corrected chi connectivity index (χ0v) is 15.0. The number of benzene rings is 2. The molecule has 1 fully saturated rings. The SMILES string of the molecule is CC1(c2ccc(F)cc2)NC(=O)N(CC(=O)Nc2ccc(CC#N)cc2)C1=O.